The van der Waals surface area contributed by atoms with Gasteiger partial charge in [0.05, 0.1) is 6.61 Å². The van der Waals surface area contributed by atoms with E-state index in [4.69, 9.17) is 4.74 Å². The van der Waals surface area contributed by atoms with Crippen LogP contribution in [0.3, 0.4) is 0 Å². The summed E-state index contributed by atoms with van der Waals surface area (Å²) in [6, 6.07) is 10.1. The summed E-state index contributed by atoms with van der Waals surface area (Å²) in [4.78, 5) is 13.9. The number of nitrogens with zero attached hydrogens (tertiary/aromatic N) is 4. The van der Waals surface area contributed by atoms with Crippen LogP contribution in [0.25, 0.3) is 0 Å². The van der Waals surface area contributed by atoms with Crippen LogP contribution in [-0.4, -0.2) is 39.1 Å². The Kier molecular flexibility index (Phi) is 4.33. The van der Waals surface area contributed by atoms with Crippen molar-refractivity contribution in [1.82, 2.24) is 14.8 Å². The number of esters is 1. The summed E-state index contributed by atoms with van der Waals surface area (Å²) in [5.74, 6) is 0.604. The second-order valence-electron chi connectivity index (χ2n) is 4.93. The standard InChI is InChI=1S/C15H18N4O2S/c1-3-21-13(20)11(2)22-15-17-16-14-18(9-10-19(14)15)12-7-5-4-6-8-12/h4-8,11H,3,9-10H2,1-2H3/t11-/m0/s1. The zero-order valence-electron chi connectivity index (χ0n) is 12.6. The third-order valence-corrected chi connectivity index (χ3v) is 4.51. The van der Waals surface area contributed by atoms with Crippen LogP contribution in [0, 0.1) is 0 Å². The van der Waals surface area contributed by atoms with Crippen molar-refractivity contribution in [1.29, 1.82) is 0 Å². The fourth-order valence-electron chi connectivity index (χ4n) is 2.38. The van der Waals surface area contributed by atoms with Gasteiger partial charge in [0.2, 0.25) is 5.95 Å². The largest absolute Gasteiger partial charge is 0.465 e. The van der Waals surface area contributed by atoms with Crippen LogP contribution in [0.5, 0.6) is 0 Å². The van der Waals surface area contributed by atoms with Gasteiger partial charge in [0, 0.05) is 18.8 Å². The number of carbonyl (C=O) groups excluding carboxylic acids is 1. The molecule has 1 atom stereocenters. The van der Waals surface area contributed by atoms with Crippen LogP contribution >= 0.6 is 11.8 Å². The van der Waals surface area contributed by atoms with Crippen molar-refractivity contribution >= 4 is 29.4 Å². The normalized spacial score (nSPS) is 14.7. The molecule has 0 amide bonds. The maximum Gasteiger partial charge on any atom is 0.319 e. The van der Waals surface area contributed by atoms with Crippen molar-refractivity contribution in [2.45, 2.75) is 30.8 Å². The zero-order chi connectivity index (χ0) is 15.5. The summed E-state index contributed by atoms with van der Waals surface area (Å²) in [6.07, 6.45) is 0. The molecule has 22 heavy (non-hydrogen) atoms. The molecular weight excluding hydrogens is 300 g/mol. The molecule has 0 unspecified atom stereocenters. The highest BCUT2D eigenvalue weighted by molar-refractivity contribution is 8.00. The highest BCUT2D eigenvalue weighted by Crippen LogP contribution is 2.33. The van der Waals surface area contributed by atoms with Crippen LogP contribution in [0.1, 0.15) is 13.8 Å². The highest BCUT2D eigenvalue weighted by Gasteiger charge is 2.28. The molecule has 2 aromatic rings. The highest BCUT2D eigenvalue weighted by atomic mass is 32.2. The van der Waals surface area contributed by atoms with Gasteiger partial charge in [-0.1, -0.05) is 30.0 Å². The van der Waals surface area contributed by atoms with E-state index >= 15 is 0 Å². The van der Waals surface area contributed by atoms with Gasteiger partial charge in [-0.25, -0.2) is 0 Å². The number of para-hydroxylation sites is 1. The fourth-order valence-corrected chi connectivity index (χ4v) is 3.25. The van der Waals surface area contributed by atoms with Gasteiger partial charge in [-0.05, 0) is 26.0 Å². The number of ether oxygens (including phenoxy) is 1. The third-order valence-electron chi connectivity index (χ3n) is 3.45. The van der Waals surface area contributed by atoms with Gasteiger partial charge in [0.1, 0.15) is 5.25 Å². The number of anilines is 2. The molecule has 2 heterocycles. The number of hydrogen-bond acceptors (Lipinski definition) is 6. The Hall–Kier alpha value is -2.02. The van der Waals surface area contributed by atoms with Gasteiger partial charge >= 0.3 is 5.97 Å². The molecule has 1 aliphatic rings. The first-order valence-electron chi connectivity index (χ1n) is 7.29. The lowest BCUT2D eigenvalue weighted by molar-refractivity contribution is -0.142. The first-order chi connectivity index (χ1) is 10.7. The van der Waals surface area contributed by atoms with Gasteiger partial charge in [-0.2, -0.15) is 0 Å². The minimum atomic E-state index is -0.293. The SMILES string of the molecule is CCOC(=O)[C@H](C)Sc1nnc2n1CCN2c1ccccc1. The molecule has 0 saturated carbocycles. The Labute approximate surface area is 133 Å². The second-order valence-corrected chi connectivity index (χ2v) is 6.24. The van der Waals surface area contributed by atoms with Crippen LogP contribution in [0.4, 0.5) is 11.6 Å². The molecule has 3 rings (SSSR count). The molecule has 0 aliphatic carbocycles. The molecule has 6 nitrogen and oxygen atoms in total. The van der Waals surface area contributed by atoms with E-state index in [1.807, 2.05) is 36.6 Å². The van der Waals surface area contributed by atoms with Gasteiger partial charge in [0.15, 0.2) is 5.16 Å². The van der Waals surface area contributed by atoms with Crippen molar-refractivity contribution in [2.75, 3.05) is 18.1 Å². The van der Waals surface area contributed by atoms with E-state index in [2.05, 4.69) is 27.2 Å². The quantitative estimate of drug-likeness (QED) is 0.623. The van der Waals surface area contributed by atoms with Crippen LogP contribution in [0.15, 0.2) is 35.5 Å². The van der Waals surface area contributed by atoms with E-state index in [-0.39, 0.29) is 11.2 Å². The van der Waals surface area contributed by atoms with E-state index in [1.165, 1.54) is 11.8 Å². The fraction of sp³-hybridized carbons (Fsp3) is 0.400. The molecular formula is C15H18N4O2S. The molecule has 0 fully saturated rings. The van der Waals surface area contributed by atoms with Gasteiger partial charge in [-0.15, -0.1) is 10.2 Å². The topological polar surface area (TPSA) is 60.2 Å². The molecule has 0 spiro atoms. The molecule has 1 aromatic carbocycles. The minimum absolute atomic E-state index is 0.220. The average Bonchev–Trinajstić information content (AvgIpc) is 3.11. The first kappa shape index (κ1) is 14.9. The van der Waals surface area contributed by atoms with E-state index in [0.717, 1.165) is 29.9 Å². The number of fused-ring (bicyclic) bond motifs is 1. The van der Waals surface area contributed by atoms with E-state index in [1.54, 1.807) is 0 Å². The number of aromatic nitrogens is 3. The van der Waals surface area contributed by atoms with Gasteiger partial charge in [-0.3, -0.25) is 9.36 Å². The Morgan fingerprint density at radius 3 is 2.82 bits per heavy atom. The molecule has 1 aromatic heterocycles. The number of hydrogen-bond donors (Lipinski definition) is 0. The predicted molar refractivity (Wildman–Crippen MR) is 85.4 cm³/mol. The minimum Gasteiger partial charge on any atom is -0.465 e. The average molecular weight is 318 g/mol. The van der Waals surface area contributed by atoms with Crippen LogP contribution < -0.4 is 4.90 Å². The van der Waals surface area contributed by atoms with E-state index in [0.29, 0.717) is 6.61 Å². The Balaban J connectivity index is 1.77. The first-order valence-corrected chi connectivity index (χ1v) is 8.17. The number of carbonyl (C=O) groups is 1. The van der Waals surface area contributed by atoms with E-state index < -0.39 is 0 Å². The van der Waals surface area contributed by atoms with Crippen LogP contribution in [0.2, 0.25) is 0 Å². The summed E-state index contributed by atoms with van der Waals surface area (Å²) in [5.41, 5.74) is 1.10. The zero-order valence-corrected chi connectivity index (χ0v) is 13.4. The van der Waals surface area contributed by atoms with Crippen LogP contribution in [-0.2, 0) is 16.1 Å². The summed E-state index contributed by atoms with van der Waals surface area (Å²) in [5, 5.41) is 8.97. The lowest BCUT2D eigenvalue weighted by Crippen LogP contribution is -2.17. The molecule has 0 radical (unpaired) electrons. The predicted octanol–water partition coefficient (Wildman–Crippen LogP) is 2.47. The second kappa shape index (κ2) is 6.39. The number of rotatable bonds is 5. The Bertz CT molecular complexity index is 659. The summed E-state index contributed by atoms with van der Waals surface area (Å²) < 4.78 is 7.08. The lowest BCUT2D eigenvalue weighted by Gasteiger charge is -2.14. The van der Waals surface area contributed by atoms with Crippen molar-refractivity contribution in [3.05, 3.63) is 30.3 Å². The van der Waals surface area contributed by atoms with Crippen molar-refractivity contribution < 1.29 is 9.53 Å². The third kappa shape index (κ3) is 2.81. The maximum atomic E-state index is 11.7. The smallest absolute Gasteiger partial charge is 0.319 e. The number of benzene rings is 1. The van der Waals surface area contributed by atoms with E-state index in [9.17, 15) is 4.79 Å². The molecule has 116 valence electrons. The Morgan fingerprint density at radius 2 is 2.09 bits per heavy atom. The van der Waals surface area contributed by atoms with Crippen molar-refractivity contribution in [2.24, 2.45) is 0 Å². The monoisotopic (exact) mass is 318 g/mol. The maximum absolute atomic E-state index is 11.7. The summed E-state index contributed by atoms with van der Waals surface area (Å²) in [7, 11) is 0. The van der Waals surface area contributed by atoms with Crippen molar-refractivity contribution in [3.8, 4) is 0 Å². The summed E-state index contributed by atoms with van der Waals surface area (Å²) in [6.45, 7) is 5.70. The molecule has 0 saturated heterocycles. The molecule has 7 heteroatoms. The van der Waals surface area contributed by atoms with Gasteiger partial charge < -0.3 is 9.64 Å². The Morgan fingerprint density at radius 1 is 1.32 bits per heavy atom. The summed E-state index contributed by atoms with van der Waals surface area (Å²) >= 11 is 1.39. The molecule has 1 aliphatic heterocycles. The lowest BCUT2D eigenvalue weighted by atomic mass is 10.3. The van der Waals surface area contributed by atoms with Gasteiger partial charge in [0.25, 0.3) is 0 Å². The molecule has 0 N–H and O–H groups in total. The van der Waals surface area contributed by atoms with Crippen molar-refractivity contribution in [3.63, 3.8) is 0 Å². The molecule has 0 bridgehead atoms. The number of thioether (sulfide) groups is 1.